The molecule has 1 atom stereocenters. The van der Waals surface area contributed by atoms with Crippen LogP contribution >= 0.6 is 0 Å². The van der Waals surface area contributed by atoms with Gasteiger partial charge < -0.3 is 5.32 Å². The number of piperidine rings is 2. The molecule has 1 aromatic carbocycles. The SMILES string of the molecule is CS(=O)(=O)N1CCCCC1C(=O)NCc1ccc(CN2CCCCC2)cc1. The first kappa shape index (κ1) is 20.3. The smallest absolute Gasteiger partial charge is 0.238 e. The van der Waals surface area contributed by atoms with Crippen LogP contribution in [-0.4, -0.2) is 55.5 Å². The Bertz CT molecular complexity index is 727. The number of hydrogen-bond acceptors (Lipinski definition) is 4. The second-order valence-corrected chi connectivity index (χ2v) is 9.69. The van der Waals surface area contributed by atoms with E-state index in [9.17, 15) is 13.2 Å². The van der Waals surface area contributed by atoms with Gasteiger partial charge in [0.05, 0.1) is 6.26 Å². The number of nitrogens with one attached hydrogen (secondary N) is 1. The third-order valence-electron chi connectivity index (χ3n) is 5.53. The summed E-state index contributed by atoms with van der Waals surface area (Å²) in [6, 6.07) is 7.77. The first-order valence-electron chi connectivity index (χ1n) is 9.98. The van der Waals surface area contributed by atoms with Crippen LogP contribution in [0.25, 0.3) is 0 Å². The fraction of sp³-hybridized carbons (Fsp3) is 0.650. The lowest BCUT2D eigenvalue weighted by Crippen LogP contribution is -2.51. The third-order valence-corrected chi connectivity index (χ3v) is 6.82. The van der Waals surface area contributed by atoms with Gasteiger partial charge in [-0.3, -0.25) is 9.69 Å². The molecule has 2 heterocycles. The Hall–Kier alpha value is -1.44. The van der Waals surface area contributed by atoms with Crippen LogP contribution < -0.4 is 5.32 Å². The number of nitrogens with zero attached hydrogens (tertiary/aromatic N) is 2. The van der Waals surface area contributed by atoms with Gasteiger partial charge in [-0.1, -0.05) is 37.1 Å². The van der Waals surface area contributed by atoms with Crippen molar-refractivity contribution in [3.63, 3.8) is 0 Å². The van der Waals surface area contributed by atoms with E-state index in [0.717, 1.165) is 24.9 Å². The van der Waals surface area contributed by atoms with Crippen molar-refractivity contribution in [2.24, 2.45) is 0 Å². The van der Waals surface area contributed by atoms with Gasteiger partial charge in [0.15, 0.2) is 0 Å². The molecule has 0 aromatic heterocycles. The summed E-state index contributed by atoms with van der Waals surface area (Å²) in [5.74, 6) is -0.197. The first-order valence-corrected chi connectivity index (χ1v) is 11.8. The van der Waals surface area contributed by atoms with Crippen LogP contribution in [0, 0.1) is 0 Å². The minimum absolute atomic E-state index is 0.197. The average molecular weight is 394 g/mol. The molecule has 150 valence electrons. The summed E-state index contributed by atoms with van der Waals surface area (Å²) in [4.78, 5) is 15.0. The van der Waals surface area contributed by atoms with E-state index in [0.29, 0.717) is 19.5 Å². The van der Waals surface area contributed by atoms with Crippen LogP contribution in [0.4, 0.5) is 0 Å². The summed E-state index contributed by atoms with van der Waals surface area (Å²) in [6.07, 6.45) is 7.39. The van der Waals surface area contributed by atoms with Crippen molar-refractivity contribution in [2.75, 3.05) is 25.9 Å². The Morgan fingerprint density at radius 1 is 1.00 bits per heavy atom. The van der Waals surface area contributed by atoms with Gasteiger partial charge >= 0.3 is 0 Å². The number of benzene rings is 1. The Labute approximate surface area is 163 Å². The summed E-state index contributed by atoms with van der Waals surface area (Å²) >= 11 is 0. The number of sulfonamides is 1. The Morgan fingerprint density at radius 3 is 2.30 bits per heavy atom. The molecule has 1 unspecified atom stereocenters. The quantitative estimate of drug-likeness (QED) is 0.804. The minimum atomic E-state index is -3.35. The highest BCUT2D eigenvalue weighted by Crippen LogP contribution is 2.20. The topological polar surface area (TPSA) is 69.7 Å². The zero-order chi connectivity index (χ0) is 19.3. The van der Waals surface area contributed by atoms with Crippen molar-refractivity contribution < 1.29 is 13.2 Å². The van der Waals surface area contributed by atoms with E-state index >= 15 is 0 Å². The summed E-state index contributed by atoms with van der Waals surface area (Å²) in [5, 5.41) is 2.92. The molecule has 6 nitrogen and oxygen atoms in total. The predicted octanol–water partition coefficient (Wildman–Crippen LogP) is 2.10. The van der Waals surface area contributed by atoms with Crippen molar-refractivity contribution in [1.29, 1.82) is 0 Å². The lowest BCUT2D eigenvalue weighted by atomic mass is 10.0. The fourth-order valence-corrected chi connectivity index (χ4v) is 5.13. The predicted molar refractivity (Wildman–Crippen MR) is 107 cm³/mol. The van der Waals surface area contributed by atoms with Gasteiger partial charge in [-0.25, -0.2) is 8.42 Å². The molecule has 2 fully saturated rings. The van der Waals surface area contributed by atoms with Crippen molar-refractivity contribution in [3.8, 4) is 0 Å². The normalized spacial score (nSPS) is 22.5. The van der Waals surface area contributed by atoms with E-state index in [-0.39, 0.29) is 5.91 Å². The zero-order valence-electron chi connectivity index (χ0n) is 16.2. The molecule has 0 bridgehead atoms. The van der Waals surface area contributed by atoms with E-state index in [4.69, 9.17) is 0 Å². The molecule has 0 radical (unpaired) electrons. The first-order chi connectivity index (χ1) is 12.9. The van der Waals surface area contributed by atoms with Crippen LogP contribution in [0.3, 0.4) is 0 Å². The minimum Gasteiger partial charge on any atom is -0.351 e. The molecule has 2 saturated heterocycles. The maximum Gasteiger partial charge on any atom is 0.238 e. The van der Waals surface area contributed by atoms with Crippen LogP contribution in [0.2, 0.25) is 0 Å². The van der Waals surface area contributed by atoms with Gasteiger partial charge in [-0.2, -0.15) is 4.31 Å². The third kappa shape index (κ3) is 5.77. The highest BCUT2D eigenvalue weighted by atomic mass is 32.2. The Kier molecular flexibility index (Phi) is 6.89. The molecular formula is C20H31N3O3S. The van der Waals surface area contributed by atoms with Crippen LogP contribution in [0.15, 0.2) is 24.3 Å². The summed E-state index contributed by atoms with van der Waals surface area (Å²) < 4.78 is 25.2. The van der Waals surface area contributed by atoms with Crippen LogP contribution in [0.1, 0.15) is 49.7 Å². The van der Waals surface area contributed by atoms with E-state index in [2.05, 4.69) is 34.5 Å². The van der Waals surface area contributed by atoms with Crippen molar-refractivity contribution in [3.05, 3.63) is 35.4 Å². The van der Waals surface area contributed by atoms with Crippen molar-refractivity contribution in [2.45, 2.75) is 57.7 Å². The Balaban J connectivity index is 1.52. The zero-order valence-corrected chi connectivity index (χ0v) is 17.0. The molecule has 1 aromatic rings. The number of carbonyl (C=O) groups excluding carboxylic acids is 1. The van der Waals surface area contributed by atoms with Crippen LogP contribution in [0.5, 0.6) is 0 Å². The summed E-state index contributed by atoms with van der Waals surface area (Å²) in [6.45, 7) is 4.20. The summed E-state index contributed by atoms with van der Waals surface area (Å²) in [5.41, 5.74) is 2.33. The molecule has 0 saturated carbocycles. The molecule has 2 aliphatic heterocycles. The monoisotopic (exact) mass is 393 g/mol. The van der Waals surface area contributed by atoms with E-state index in [1.165, 1.54) is 48.5 Å². The van der Waals surface area contributed by atoms with Gasteiger partial charge in [0, 0.05) is 19.6 Å². The summed E-state index contributed by atoms with van der Waals surface area (Å²) in [7, 11) is -3.35. The molecular weight excluding hydrogens is 362 g/mol. The number of likely N-dealkylation sites (tertiary alicyclic amines) is 1. The fourth-order valence-electron chi connectivity index (χ4n) is 4.01. The molecule has 1 N–H and O–H groups in total. The lowest BCUT2D eigenvalue weighted by molar-refractivity contribution is -0.125. The second kappa shape index (κ2) is 9.17. The number of rotatable bonds is 6. The van der Waals surface area contributed by atoms with Crippen molar-refractivity contribution >= 4 is 15.9 Å². The highest BCUT2D eigenvalue weighted by Gasteiger charge is 2.34. The maximum atomic E-state index is 12.5. The van der Waals surface area contributed by atoms with Gasteiger partial charge in [0.2, 0.25) is 15.9 Å². The molecule has 1 amide bonds. The van der Waals surface area contributed by atoms with Gasteiger partial charge in [-0.15, -0.1) is 0 Å². The number of amides is 1. The molecule has 27 heavy (non-hydrogen) atoms. The molecule has 0 spiro atoms. The molecule has 3 rings (SSSR count). The highest BCUT2D eigenvalue weighted by molar-refractivity contribution is 7.88. The average Bonchev–Trinajstić information content (AvgIpc) is 2.67. The van der Waals surface area contributed by atoms with Gasteiger partial charge in [-0.05, 0) is 49.9 Å². The lowest BCUT2D eigenvalue weighted by Gasteiger charge is -2.32. The number of hydrogen-bond donors (Lipinski definition) is 1. The van der Waals surface area contributed by atoms with Crippen LogP contribution in [-0.2, 0) is 27.9 Å². The molecule has 2 aliphatic rings. The van der Waals surface area contributed by atoms with Gasteiger partial charge in [0.25, 0.3) is 0 Å². The van der Waals surface area contributed by atoms with E-state index in [1.807, 2.05) is 0 Å². The van der Waals surface area contributed by atoms with E-state index in [1.54, 1.807) is 0 Å². The van der Waals surface area contributed by atoms with E-state index < -0.39 is 16.1 Å². The largest absolute Gasteiger partial charge is 0.351 e. The Morgan fingerprint density at radius 2 is 1.63 bits per heavy atom. The second-order valence-electron chi connectivity index (χ2n) is 7.76. The van der Waals surface area contributed by atoms with Crippen molar-refractivity contribution in [1.82, 2.24) is 14.5 Å². The van der Waals surface area contributed by atoms with Gasteiger partial charge in [0.1, 0.15) is 6.04 Å². The number of carbonyl (C=O) groups is 1. The molecule has 0 aliphatic carbocycles. The maximum absolute atomic E-state index is 12.5. The molecule has 7 heteroatoms. The standard InChI is InChI=1S/C20H31N3O3S/c1-27(25,26)23-14-6-3-7-19(23)20(24)21-15-17-8-10-18(11-9-17)16-22-12-4-2-5-13-22/h8-11,19H,2-7,12-16H2,1H3,(H,21,24).